The number of aryl methyl sites for hydroxylation is 1. The van der Waals surface area contributed by atoms with Gasteiger partial charge in [-0.25, -0.2) is 8.42 Å². The molecule has 0 saturated heterocycles. The Morgan fingerprint density at radius 2 is 1.84 bits per heavy atom. The number of sulfonamides is 1. The maximum Gasteiger partial charge on any atom is 0.262 e. The van der Waals surface area contributed by atoms with Gasteiger partial charge in [-0.3, -0.25) is 9.82 Å². The number of hydrogen-bond donors (Lipinski definition) is 4. The van der Waals surface area contributed by atoms with Crippen molar-refractivity contribution in [2.75, 3.05) is 4.72 Å². The molecular formula is C17H17N3O4S. The van der Waals surface area contributed by atoms with Crippen LogP contribution in [0, 0.1) is 0 Å². The third kappa shape index (κ3) is 3.29. The van der Waals surface area contributed by atoms with Crippen LogP contribution in [-0.2, 0) is 16.4 Å². The zero-order valence-corrected chi connectivity index (χ0v) is 14.2. The lowest BCUT2D eigenvalue weighted by Crippen LogP contribution is -2.13. The minimum Gasteiger partial charge on any atom is -0.508 e. The second-order valence-corrected chi connectivity index (χ2v) is 7.11. The average Bonchev–Trinajstić information content (AvgIpc) is 3.03. The normalized spacial score (nSPS) is 11.4. The summed E-state index contributed by atoms with van der Waals surface area (Å²) in [6, 6.07) is 10.8. The molecule has 1 aromatic heterocycles. The van der Waals surface area contributed by atoms with Gasteiger partial charge in [0.2, 0.25) is 0 Å². The van der Waals surface area contributed by atoms with Crippen molar-refractivity contribution in [1.29, 1.82) is 0 Å². The minimum atomic E-state index is -3.79. The zero-order chi connectivity index (χ0) is 18.0. The van der Waals surface area contributed by atoms with E-state index < -0.39 is 10.0 Å². The van der Waals surface area contributed by atoms with Crippen LogP contribution < -0.4 is 4.72 Å². The van der Waals surface area contributed by atoms with E-state index in [1.54, 1.807) is 24.3 Å². The van der Waals surface area contributed by atoms with E-state index in [9.17, 15) is 18.6 Å². The fourth-order valence-corrected chi connectivity index (χ4v) is 3.56. The number of aromatic amines is 1. The van der Waals surface area contributed by atoms with Crippen LogP contribution in [0.5, 0.6) is 11.5 Å². The van der Waals surface area contributed by atoms with E-state index in [0.717, 1.165) is 0 Å². The van der Waals surface area contributed by atoms with E-state index in [4.69, 9.17) is 0 Å². The van der Waals surface area contributed by atoms with Crippen molar-refractivity contribution >= 4 is 15.7 Å². The first-order valence-electron chi connectivity index (χ1n) is 7.59. The van der Waals surface area contributed by atoms with Gasteiger partial charge in [-0.2, -0.15) is 5.10 Å². The maximum absolute atomic E-state index is 12.5. The molecule has 0 aliphatic rings. The van der Waals surface area contributed by atoms with Gasteiger partial charge in [-0.1, -0.05) is 25.1 Å². The molecule has 0 aliphatic heterocycles. The number of nitrogens with one attached hydrogen (secondary N) is 2. The Balaban J connectivity index is 2.02. The van der Waals surface area contributed by atoms with Crippen LogP contribution in [0.3, 0.4) is 0 Å². The van der Waals surface area contributed by atoms with Crippen molar-refractivity contribution in [2.45, 2.75) is 18.2 Å². The molecule has 0 spiro atoms. The molecule has 0 aliphatic carbocycles. The van der Waals surface area contributed by atoms with Crippen LogP contribution in [-0.4, -0.2) is 28.8 Å². The Bertz CT molecular complexity index is 998. The number of H-pyrrole nitrogens is 1. The van der Waals surface area contributed by atoms with Crippen LogP contribution >= 0.6 is 0 Å². The molecular weight excluding hydrogens is 342 g/mol. The summed E-state index contributed by atoms with van der Waals surface area (Å²) in [5.74, 6) is -0.200. The Morgan fingerprint density at radius 3 is 2.52 bits per heavy atom. The average molecular weight is 359 g/mol. The van der Waals surface area contributed by atoms with Gasteiger partial charge in [0, 0.05) is 11.6 Å². The van der Waals surface area contributed by atoms with Crippen molar-refractivity contribution in [1.82, 2.24) is 10.2 Å². The SMILES string of the molecule is CCc1cc(-c2[nH]ncc2NS(=O)(=O)c2ccccc2)c(O)cc1O. The highest BCUT2D eigenvalue weighted by molar-refractivity contribution is 7.92. The Morgan fingerprint density at radius 1 is 1.12 bits per heavy atom. The molecule has 3 aromatic rings. The van der Waals surface area contributed by atoms with E-state index in [2.05, 4.69) is 14.9 Å². The second kappa shape index (κ2) is 6.48. The van der Waals surface area contributed by atoms with Gasteiger partial charge in [-0.05, 0) is 30.2 Å². The highest BCUT2D eigenvalue weighted by Crippen LogP contribution is 2.37. The van der Waals surface area contributed by atoms with Crippen molar-refractivity contribution in [3.63, 3.8) is 0 Å². The molecule has 0 atom stereocenters. The van der Waals surface area contributed by atoms with Crippen LogP contribution in [0.2, 0.25) is 0 Å². The standard InChI is InChI=1S/C17H17N3O4S/c1-2-11-8-13(16(22)9-15(11)21)17-14(10-18-19-17)20-25(23,24)12-6-4-3-5-7-12/h3-10,20-22H,2H2,1H3,(H,18,19). The van der Waals surface area contributed by atoms with Gasteiger partial charge in [-0.15, -0.1) is 0 Å². The third-order valence-corrected chi connectivity index (χ3v) is 5.17. The Labute approximate surface area is 145 Å². The summed E-state index contributed by atoms with van der Waals surface area (Å²) < 4.78 is 27.4. The number of phenolic OH excluding ortho intramolecular Hbond substituents is 2. The summed E-state index contributed by atoms with van der Waals surface area (Å²) in [7, 11) is -3.79. The summed E-state index contributed by atoms with van der Waals surface area (Å²) >= 11 is 0. The zero-order valence-electron chi connectivity index (χ0n) is 13.4. The Kier molecular flexibility index (Phi) is 4.37. The number of anilines is 1. The van der Waals surface area contributed by atoms with Crippen LogP contribution in [0.1, 0.15) is 12.5 Å². The van der Waals surface area contributed by atoms with Crippen molar-refractivity contribution in [3.8, 4) is 22.8 Å². The van der Waals surface area contributed by atoms with E-state index in [1.807, 2.05) is 6.92 Å². The minimum absolute atomic E-state index is 0.0188. The summed E-state index contributed by atoms with van der Waals surface area (Å²) in [5.41, 5.74) is 1.48. The molecule has 0 fully saturated rings. The van der Waals surface area contributed by atoms with Crippen LogP contribution in [0.4, 0.5) is 5.69 Å². The third-order valence-electron chi connectivity index (χ3n) is 3.78. The lowest BCUT2D eigenvalue weighted by molar-refractivity contribution is 0.447. The number of benzene rings is 2. The number of phenols is 2. The number of aromatic nitrogens is 2. The van der Waals surface area contributed by atoms with Crippen molar-refractivity contribution in [3.05, 3.63) is 54.2 Å². The molecule has 0 unspecified atom stereocenters. The molecule has 0 amide bonds. The largest absolute Gasteiger partial charge is 0.508 e. The highest BCUT2D eigenvalue weighted by Gasteiger charge is 2.20. The number of rotatable bonds is 5. The van der Waals surface area contributed by atoms with E-state index in [0.29, 0.717) is 23.2 Å². The first-order chi connectivity index (χ1) is 11.9. The molecule has 3 rings (SSSR count). The first kappa shape index (κ1) is 16.8. The molecule has 1 heterocycles. The van der Waals surface area contributed by atoms with Crippen LogP contribution in [0.15, 0.2) is 53.6 Å². The lowest BCUT2D eigenvalue weighted by atomic mass is 10.0. The number of hydrogen-bond acceptors (Lipinski definition) is 5. The molecule has 0 bridgehead atoms. The van der Waals surface area contributed by atoms with Crippen LogP contribution in [0.25, 0.3) is 11.3 Å². The van der Waals surface area contributed by atoms with Crippen molar-refractivity contribution in [2.24, 2.45) is 0 Å². The predicted molar refractivity (Wildman–Crippen MR) is 94.0 cm³/mol. The van der Waals surface area contributed by atoms with Gasteiger partial charge in [0.15, 0.2) is 0 Å². The van der Waals surface area contributed by atoms with Gasteiger partial charge in [0.05, 0.1) is 22.5 Å². The van der Waals surface area contributed by atoms with E-state index >= 15 is 0 Å². The summed E-state index contributed by atoms with van der Waals surface area (Å²) in [6.07, 6.45) is 1.88. The molecule has 25 heavy (non-hydrogen) atoms. The maximum atomic E-state index is 12.5. The number of nitrogens with zero attached hydrogens (tertiary/aromatic N) is 1. The summed E-state index contributed by atoms with van der Waals surface area (Å²) in [4.78, 5) is 0.117. The van der Waals surface area contributed by atoms with Gasteiger partial charge in [0.25, 0.3) is 10.0 Å². The van der Waals surface area contributed by atoms with E-state index in [1.165, 1.54) is 24.4 Å². The topological polar surface area (TPSA) is 115 Å². The molecule has 0 radical (unpaired) electrons. The highest BCUT2D eigenvalue weighted by atomic mass is 32.2. The van der Waals surface area contributed by atoms with Gasteiger partial charge >= 0.3 is 0 Å². The predicted octanol–water partition coefficient (Wildman–Crippen LogP) is 2.85. The fraction of sp³-hybridized carbons (Fsp3) is 0.118. The first-order valence-corrected chi connectivity index (χ1v) is 9.07. The number of aromatic hydroxyl groups is 2. The molecule has 130 valence electrons. The van der Waals surface area contributed by atoms with Gasteiger partial charge < -0.3 is 10.2 Å². The molecule has 0 saturated carbocycles. The Hall–Kier alpha value is -3.00. The lowest BCUT2D eigenvalue weighted by Gasteiger charge is -2.11. The summed E-state index contributed by atoms with van der Waals surface area (Å²) in [5, 5.41) is 26.5. The van der Waals surface area contributed by atoms with E-state index in [-0.39, 0.29) is 22.1 Å². The molecule has 8 heteroatoms. The summed E-state index contributed by atoms with van der Waals surface area (Å²) in [6.45, 7) is 1.86. The quantitative estimate of drug-likeness (QED) is 0.559. The second-order valence-electron chi connectivity index (χ2n) is 5.43. The van der Waals surface area contributed by atoms with Crippen molar-refractivity contribution < 1.29 is 18.6 Å². The molecule has 4 N–H and O–H groups in total. The van der Waals surface area contributed by atoms with Gasteiger partial charge in [0.1, 0.15) is 11.5 Å². The smallest absolute Gasteiger partial charge is 0.262 e. The molecule has 7 nitrogen and oxygen atoms in total. The molecule has 2 aromatic carbocycles. The monoisotopic (exact) mass is 359 g/mol. The fourth-order valence-electron chi connectivity index (χ4n) is 2.48.